The van der Waals surface area contributed by atoms with Gasteiger partial charge in [-0.25, -0.2) is 4.99 Å². The van der Waals surface area contributed by atoms with Crippen LogP contribution < -0.4 is 10.6 Å². The molecular weight excluding hydrogens is 717 g/mol. The van der Waals surface area contributed by atoms with Gasteiger partial charge >= 0.3 is 0 Å². The minimum atomic E-state index is -0.192. The quantitative estimate of drug-likeness (QED) is 0.184. The second-order valence-corrected chi connectivity index (χ2v) is 16.1. The molecule has 0 saturated heterocycles. The molecule has 1 aliphatic heterocycles. The smallest absolute Gasteiger partial charge is 0.135 e. The van der Waals surface area contributed by atoms with Crippen molar-refractivity contribution in [3.63, 3.8) is 0 Å². The third-order valence-electron chi connectivity index (χ3n) is 11.8. The molecule has 2 atom stereocenters. The largest absolute Gasteiger partial charge is 0.456 e. The predicted octanol–water partition coefficient (Wildman–Crippen LogP) is 13.3. The average Bonchev–Trinajstić information content (AvgIpc) is 3.96. The fourth-order valence-electron chi connectivity index (χ4n) is 9.12. The van der Waals surface area contributed by atoms with Gasteiger partial charge in [0, 0.05) is 47.3 Å². The second kappa shape index (κ2) is 12.9. The lowest BCUT2D eigenvalue weighted by Crippen LogP contribution is -2.45. The molecule has 2 unspecified atom stereocenters. The highest BCUT2D eigenvalue weighted by Gasteiger charge is 2.29. The monoisotopic (exact) mass is 752 g/mol. The van der Waals surface area contributed by atoms with E-state index in [1.165, 1.54) is 58.8 Å². The fraction of sp³-hybridized carbons (Fsp3) is 0.0784. The predicted molar refractivity (Wildman–Crippen MR) is 238 cm³/mol. The van der Waals surface area contributed by atoms with E-state index in [-0.39, 0.29) is 12.3 Å². The summed E-state index contributed by atoms with van der Waals surface area (Å²) in [4.78, 5) is 5.20. The number of aliphatic imine (C=N–C) groups is 1. The van der Waals surface area contributed by atoms with Crippen LogP contribution in [0.4, 0.5) is 0 Å². The van der Waals surface area contributed by atoms with Gasteiger partial charge in [0.15, 0.2) is 0 Å². The molecule has 12 rings (SSSR count). The van der Waals surface area contributed by atoms with Gasteiger partial charge < -0.3 is 14.3 Å². The number of amidine groups is 1. The number of allylic oxidation sites excluding steroid dienone is 3. The number of fused-ring (bicyclic) bond motifs is 9. The standard InChI is InChI=1S/C51H36N4OS/c1-3-13-31(14-4-1)49-52-50(32-15-5-2-6-16-32)54-51(53-49)37-19-11-23-44-47(37)38-29-33(25-27-43(38)56-44)34-26-28-45-39(30-34)48-42(22-12-24-46(48)57-45)55-40-20-9-7-17-35(40)36-18-8-10-21-41(36)55/h1-5,7-15,17-30,49,51,53H,6,16H2,(H,52,54). The Bertz CT molecular complexity index is 3270. The minimum absolute atomic E-state index is 0.185. The maximum Gasteiger partial charge on any atom is 0.135 e. The second-order valence-electron chi connectivity index (χ2n) is 15.1. The van der Waals surface area contributed by atoms with E-state index in [1.807, 2.05) is 11.3 Å². The Morgan fingerprint density at radius 1 is 0.632 bits per heavy atom. The number of furan rings is 1. The number of benzene rings is 7. The average molecular weight is 753 g/mol. The van der Waals surface area contributed by atoms with Gasteiger partial charge in [0.05, 0.1) is 16.7 Å². The van der Waals surface area contributed by atoms with E-state index in [1.54, 1.807) is 0 Å². The number of rotatable bonds is 5. The van der Waals surface area contributed by atoms with Gasteiger partial charge in [0.25, 0.3) is 0 Å². The summed E-state index contributed by atoms with van der Waals surface area (Å²) >= 11 is 1.86. The summed E-state index contributed by atoms with van der Waals surface area (Å²) in [6.45, 7) is 0. The minimum Gasteiger partial charge on any atom is -0.456 e. The zero-order valence-electron chi connectivity index (χ0n) is 30.9. The van der Waals surface area contributed by atoms with Gasteiger partial charge in [-0.2, -0.15) is 0 Å². The first-order chi connectivity index (χ1) is 28.2. The van der Waals surface area contributed by atoms with Crippen LogP contribution in [-0.4, -0.2) is 10.4 Å². The van der Waals surface area contributed by atoms with Crippen molar-refractivity contribution in [3.8, 4) is 16.8 Å². The topological polar surface area (TPSA) is 54.5 Å². The summed E-state index contributed by atoms with van der Waals surface area (Å²) in [6, 6.07) is 54.8. The highest BCUT2D eigenvalue weighted by molar-refractivity contribution is 7.25. The third-order valence-corrected chi connectivity index (χ3v) is 12.9. The van der Waals surface area contributed by atoms with E-state index in [9.17, 15) is 0 Å². The van der Waals surface area contributed by atoms with Gasteiger partial charge in [-0.15, -0.1) is 11.3 Å². The third kappa shape index (κ3) is 5.22. The Kier molecular flexibility index (Phi) is 7.37. The number of hydrogen-bond acceptors (Lipinski definition) is 5. The lowest BCUT2D eigenvalue weighted by molar-refractivity contribution is 0.410. The van der Waals surface area contributed by atoms with Gasteiger partial charge in [-0.1, -0.05) is 115 Å². The molecule has 0 amide bonds. The lowest BCUT2D eigenvalue weighted by Gasteiger charge is -2.33. The molecule has 272 valence electrons. The molecule has 0 spiro atoms. The lowest BCUT2D eigenvalue weighted by atomic mass is 9.97. The van der Waals surface area contributed by atoms with E-state index in [0.717, 1.165) is 57.3 Å². The Hall–Kier alpha value is -6.73. The summed E-state index contributed by atoms with van der Waals surface area (Å²) in [5.74, 6) is 0.944. The van der Waals surface area contributed by atoms with Crippen LogP contribution in [0, 0.1) is 0 Å². The molecule has 57 heavy (non-hydrogen) atoms. The van der Waals surface area contributed by atoms with Crippen molar-refractivity contribution in [3.05, 3.63) is 187 Å². The Balaban J connectivity index is 1.00. The van der Waals surface area contributed by atoms with Crippen molar-refractivity contribution in [2.24, 2.45) is 4.99 Å². The fourth-order valence-corrected chi connectivity index (χ4v) is 10.2. The van der Waals surface area contributed by atoms with Crippen LogP contribution in [-0.2, 0) is 0 Å². The van der Waals surface area contributed by atoms with E-state index in [4.69, 9.17) is 9.41 Å². The summed E-state index contributed by atoms with van der Waals surface area (Å²) in [5.41, 5.74) is 11.2. The molecule has 2 aliphatic rings. The summed E-state index contributed by atoms with van der Waals surface area (Å²) < 4.78 is 11.6. The highest BCUT2D eigenvalue weighted by atomic mass is 32.1. The number of nitrogens with one attached hydrogen (secondary N) is 2. The molecule has 7 aromatic carbocycles. The molecule has 4 heterocycles. The first-order valence-electron chi connectivity index (χ1n) is 19.7. The van der Waals surface area contributed by atoms with Crippen LogP contribution >= 0.6 is 11.3 Å². The molecule has 3 aromatic heterocycles. The first-order valence-corrected chi connectivity index (χ1v) is 20.5. The molecule has 6 heteroatoms. The number of thiophene rings is 1. The zero-order valence-corrected chi connectivity index (χ0v) is 31.8. The molecule has 2 N–H and O–H groups in total. The Labute approximate surface area is 332 Å². The van der Waals surface area contributed by atoms with Gasteiger partial charge in [0.2, 0.25) is 0 Å². The number of nitrogens with zero attached hydrogens (tertiary/aromatic N) is 2. The Morgan fingerprint density at radius 3 is 2.19 bits per heavy atom. The molecule has 0 fully saturated rings. The van der Waals surface area contributed by atoms with Crippen molar-refractivity contribution in [1.82, 2.24) is 15.2 Å². The maximum absolute atomic E-state index is 6.56. The van der Waals surface area contributed by atoms with E-state index in [2.05, 4.69) is 185 Å². The summed E-state index contributed by atoms with van der Waals surface area (Å²) in [6.07, 6.45) is 8.15. The Morgan fingerprint density at radius 2 is 1.39 bits per heavy atom. The zero-order chi connectivity index (χ0) is 37.5. The number of hydrogen-bond donors (Lipinski definition) is 2. The number of para-hydroxylation sites is 2. The molecular formula is C51H36N4OS. The van der Waals surface area contributed by atoms with Crippen molar-refractivity contribution >= 4 is 81.1 Å². The molecule has 1 aliphatic carbocycles. The molecule has 10 aromatic rings. The van der Waals surface area contributed by atoms with Gasteiger partial charge in [-0.3, -0.25) is 5.32 Å². The van der Waals surface area contributed by atoms with Crippen molar-refractivity contribution in [2.75, 3.05) is 0 Å². The molecule has 0 radical (unpaired) electrons. The van der Waals surface area contributed by atoms with Crippen LogP contribution in [0.15, 0.2) is 185 Å². The van der Waals surface area contributed by atoms with Crippen LogP contribution in [0.5, 0.6) is 0 Å². The van der Waals surface area contributed by atoms with E-state index < -0.39 is 0 Å². The van der Waals surface area contributed by atoms with E-state index in [0.29, 0.717) is 0 Å². The summed E-state index contributed by atoms with van der Waals surface area (Å²) in [7, 11) is 0. The van der Waals surface area contributed by atoms with Crippen molar-refractivity contribution in [2.45, 2.75) is 25.2 Å². The molecule has 5 nitrogen and oxygen atoms in total. The van der Waals surface area contributed by atoms with E-state index >= 15 is 0 Å². The normalized spacial score (nSPS) is 17.2. The molecule has 0 saturated carbocycles. The number of aromatic nitrogens is 1. The van der Waals surface area contributed by atoms with Crippen LogP contribution in [0.25, 0.3) is 80.7 Å². The van der Waals surface area contributed by atoms with Crippen molar-refractivity contribution < 1.29 is 4.42 Å². The van der Waals surface area contributed by atoms with Crippen LogP contribution in [0.2, 0.25) is 0 Å². The first kappa shape index (κ1) is 32.5. The SMILES string of the molecule is C1=CCCC(C2=NC(c3ccccc3)NC(c3cccc4oc5ccc(-c6ccc7sc8cccc(-n9c%10ccccc%10c%10ccccc%109)c8c7c6)cc5c34)N2)=C1. The highest BCUT2D eigenvalue weighted by Crippen LogP contribution is 2.43. The van der Waals surface area contributed by atoms with Crippen molar-refractivity contribution in [1.29, 1.82) is 0 Å². The van der Waals surface area contributed by atoms with Crippen LogP contribution in [0.1, 0.15) is 36.3 Å². The van der Waals surface area contributed by atoms with Crippen LogP contribution in [0.3, 0.4) is 0 Å². The maximum atomic E-state index is 6.56. The van der Waals surface area contributed by atoms with Gasteiger partial charge in [-0.05, 0) is 89.7 Å². The summed E-state index contributed by atoms with van der Waals surface area (Å²) in [5, 5.41) is 14.9. The van der Waals surface area contributed by atoms with Gasteiger partial charge in [0.1, 0.15) is 29.3 Å². The molecule has 0 bridgehead atoms.